The van der Waals surface area contributed by atoms with Gasteiger partial charge in [-0.15, -0.1) is 0 Å². The fourth-order valence-corrected chi connectivity index (χ4v) is 5.08. The maximum atomic E-state index is 11.7. The summed E-state index contributed by atoms with van der Waals surface area (Å²) in [5, 5.41) is 42.7. The van der Waals surface area contributed by atoms with Gasteiger partial charge in [0.2, 0.25) is 5.91 Å². The van der Waals surface area contributed by atoms with Gasteiger partial charge in [0.05, 0.1) is 45.7 Å². The Hall–Kier alpha value is -0.190. The first-order valence-corrected chi connectivity index (χ1v) is 14.6. The molecule has 1 fully saturated rings. The van der Waals surface area contributed by atoms with Crippen LogP contribution in [0.4, 0.5) is 0 Å². The molecule has 220 valence electrons. The molecule has 1 saturated heterocycles. The number of hydrogen-bond donors (Lipinski definition) is 9. The van der Waals surface area contributed by atoms with Crippen molar-refractivity contribution in [3.05, 3.63) is 0 Å². The van der Waals surface area contributed by atoms with Crippen LogP contribution in [0.1, 0.15) is 46.5 Å². The molecular weight excluding hydrogens is 529 g/mol. The van der Waals surface area contributed by atoms with E-state index >= 15 is 0 Å². The van der Waals surface area contributed by atoms with Gasteiger partial charge in [0.25, 0.3) is 0 Å². The van der Waals surface area contributed by atoms with Gasteiger partial charge in [-0.25, -0.2) is 0 Å². The zero-order valence-corrected chi connectivity index (χ0v) is 23.6. The largest absolute Gasteiger partial charge is 0.394 e. The molecule has 10 unspecified atom stereocenters. The molecule has 0 spiro atoms. The number of ether oxygens (including phenoxy) is 4. The molecule has 0 aromatic rings. The Morgan fingerprint density at radius 2 is 2.00 bits per heavy atom. The second kappa shape index (κ2) is 17.5. The highest BCUT2D eigenvalue weighted by molar-refractivity contribution is 7.80. The van der Waals surface area contributed by atoms with Crippen molar-refractivity contribution in [2.75, 3.05) is 32.1 Å². The highest BCUT2D eigenvalue weighted by Crippen LogP contribution is 2.48. The summed E-state index contributed by atoms with van der Waals surface area (Å²) in [5.74, 6) is -1.70. The monoisotopic (exact) mass is 575 g/mol. The molecule has 1 rings (SSSR count). The van der Waals surface area contributed by atoms with Gasteiger partial charge >= 0.3 is 0 Å². The van der Waals surface area contributed by atoms with Crippen LogP contribution in [0.5, 0.6) is 0 Å². The van der Waals surface area contributed by atoms with Gasteiger partial charge in [0.1, 0.15) is 30.1 Å². The molecule has 13 nitrogen and oxygen atoms in total. The number of rotatable bonds is 18. The minimum Gasteiger partial charge on any atom is -0.394 e. The average Bonchev–Trinajstić information content (AvgIpc) is 2.86. The molecule has 10 atom stereocenters. The lowest BCUT2D eigenvalue weighted by Crippen LogP contribution is -2.57. The number of aliphatic hydroxyl groups excluding tert-OH is 4. The van der Waals surface area contributed by atoms with E-state index in [1.807, 2.05) is 0 Å². The lowest BCUT2D eigenvalue weighted by Gasteiger charge is -2.44. The quantitative estimate of drug-likeness (QED) is 0.0396. The summed E-state index contributed by atoms with van der Waals surface area (Å²) >= 11 is 4.07. The molecule has 0 radical (unpaired) electrons. The van der Waals surface area contributed by atoms with E-state index in [1.165, 1.54) is 6.92 Å². The van der Waals surface area contributed by atoms with E-state index in [0.717, 1.165) is 0 Å². The highest BCUT2D eigenvalue weighted by Gasteiger charge is 2.46. The normalized spacial score (nSPS) is 29.2. The number of hydrogen-bond acceptors (Lipinski definition) is 13. The number of nitrogens with one attached hydrogen (secondary N) is 1. The fourth-order valence-electron chi connectivity index (χ4n) is 3.62. The highest BCUT2D eigenvalue weighted by atomic mass is 32.1. The van der Waals surface area contributed by atoms with Crippen molar-refractivity contribution in [1.29, 1.82) is 0 Å². The molecule has 1 aliphatic heterocycles. The van der Waals surface area contributed by atoms with Crippen LogP contribution in [0.15, 0.2) is 0 Å². The minimum atomic E-state index is -2.12. The Labute approximate surface area is 225 Å². The fraction of sp³-hybridized carbons (Fsp3) is 0.955. The number of carbonyl (C=O) groups excluding carboxylic acids is 1. The van der Waals surface area contributed by atoms with Gasteiger partial charge in [-0.3, -0.25) is 4.79 Å². The Balaban J connectivity index is 2.74. The number of thiol groups is 1. The average molecular weight is 576 g/mol. The van der Waals surface area contributed by atoms with Crippen LogP contribution in [0.25, 0.3) is 0 Å². The molecule has 0 aliphatic carbocycles. The summed E-state index contributed by atoms with van der Waals surface area (Å²) in [6.45, 7) is 4.72. The first kappa shape index (κ1) is 34.8. The van der Waals surface area contributed by atoms with Crippen LogP contribution in [0.2, 0.25) is 0 Å². The van der Waals surface area contributed by atoms with Crippen LogP contribution in [0.3, 0.4) is 0 Å². The SMILES string of the molecule is CCC(C)(OCC1OC(OCCCNC(=O)CCCS)C(N)C(O)P1O)C(OC(CO)C(C)O)C(N)O. The van der Waals surface area contributed by atoms with E-state index in [9.17, 15) is 30.1 Å². The van der Waals surface area contributed by atoms with Gasteiger partial charge in [0, 0.05) is 13.0 Å². The standard InChI is InChI=1S/C22H46N3O10PS/c1-4-22(3,18(19(24)29)34-14(11-26)13(2)27)33-12-16-35-21(17(23)20(30)36(16)31)32-9-6-8-25-15(28)7-5-10-37/h13-14,16-21,26-27,29-31,37H,4-12,23-24H2,1-3H3,(H,25,28). The number of carbonyl (C=O) groups is 1. The maximum Gasteiger partial charge on any atom is 0.220 e. The van der Waals surface area contributed by atoms with Crippen molar-refractivity contribution in [2.24, 2.45) is 11.5 Å². The molecule has 15 heteroatoms. The van der Waals surface area contributed by atoms with Crippen molar-refractivity contribution < 1.29 is 49.1 Å². The molecular formula is C22H46N3O10PS. The van der Waals surface area contributed by atoms with Crippen LogP contribution < -0.4 is 16.8 Å². The number of aliphatic hydroxyl groups is 4. The van der Waals surface area contributed by atoms with Crippen molar-refractivity contribution in [3.8, 4) is 0 Å². The Kier molecular flexibility index (Phi) is 16.5. The number of amides is 1. The molecule has 37 heavy (non-hydrogen) atoms. The van der Waals surface area contributed by atoms with Crippen molar-refractivity contribution in [2.45, 2.75) is 101 Å². The van der Waals surface area contributed by atoms with E-state index in [2.05, 4.69) is 17.9 Å². The van der Waals surface area contributed by atoms with Gasteiger partial charge < -0.3 is 61.1 Å². The maximum absolute atomic E-state index is 11.7. The lowest BCUT2D eigenvalue weighted by molar-refractivity contribution is -0.230. The van der Waals surface area contributed by atoms with E-state index in [4.69, 9.17) is 30.4 Å². The zero-order chi connectivity index (χ0) is 28.2. The summed E-state index contributed by atoms with van der Waals surface area (Å²) in [4.78, 5) is 22.2. The second-order valence-corrected chi connectivity index (χ2v) is 11.5. The minimum absolute atomic E-state index is 0.0687. The third-order valence-corrected chi connectivity index (χ3v) is 8.28. The molecule has 1 heterocycles. The molecule has 0 aromatic heterocycles. The van der Waals surface area contributed by atoms with E-state index in [0.29, 0.717) is 38.0 Å². The third kappa shape index (κ3) is 11.1. The first-order chi connectivity index (χ1) is 17.4. The van der Waals surface area contributed by atoms with Gasteiger partial charge in [-0.05, 0) is 38.9 Å². The zero-order valence-electron chi connectivity index (χ0n) is 21.8. The molecule has 0 aromatic carbocycles. The Morgan fingerprint density at radius 1 is 1.32 bits per heavy atom. The van der Waals surface area contributed by atoms with Gasteiger partial charge in [-0.1, -0.05) is 6.92 Å². The van der Waals surface area contributed by atoms with Crippen molar-refractivity contribution in [1.82, 2.24) is 5.32 Å². The molecule has 1 amide bonds. The molecule has 10 N–H and O–H groups in total. The second-order valence-electron chi connectivity index (χ2n) is 9.22. The van der Waals surface area contributed by atoms with E-state index in [-0.39, 0.29) is 19.1 Å². The molecule has 0 bridgehead atoms. The van der Waals surface area contributed by atoms with Gasteiger partial charge in [-0.2, -0.15) is 12.6 Å². The molecule has 0 saturated carbocycles. The Bertz CT molecular complexity index is 656. The molecule has 1 aliphatic rings. The van der Waals surface area contributed by atoms with Gasteiger partial charge in [0.15, 0.2) is 6.29 Å². The van der Waals surface area contributed by atoms with Crippen LogP contribution in [-0.4, -0.2) is 118 Å². The summed E-state index contributed by atoms with van der Waals surface area (Å²) in [7, 11) is -2.12. The Morgan fingerprint density at radius 3 is 2.54 bits per heavy atom. The summed E-state index contributed by atoms with van der Waals surface area (Å²) in [6, 6.07) is -0.992. The topological polar surface area (TPSA) is 219 Å². The van der Waals surface area contributed by atoms with Crippen LogP contribution in [-0.2, 0) is 23.7 Å². The first-order valence-electron chi connectivity index (χ1n) is 12.5. The van der Waals surface area contributed by atoms with Crippen molar-refractivity contribution >= 4 is 26.7 Å². The third-order valence-electron chi connectivity index (χ3n) is 6.21. The van der Waals surface area contributed by atoms with E-state index < -0.39 is 68.9 Å². The summed E-state index contributed by atoms with van der Waals surface area (Å²) < 4.78 is 23.2. The van der Waals surface area contributed by atoms with E-state index in [1.54, 1.807) is 13.8 Å². The number of nitrogens with two attached hydrogens (primary N) is 2. The van der Waals surface area contributed by atoms with Crippen LogP contribution >= 0.6 is 20.8 Å². The smallest absolute Gasteiger partial charge is 0.220 e. The summed E-state index contributed by atoms with van der Waals surface area (Å²) in [6.07, 6.45) is -3.82. The van der Waals surface area contributed by atoms with Crippen LogP contribution in [0, 0.1) is 0 Å². The predicted octanol–water partition coefficient (Wildman–Crippen LogP) is -1.47. The predicted molar refractivity (Wildman–Crippen MR) is 141 cm³/mol. The lowest BCUT2D eigenvalue weighted by atomic mass is 9.93. The summed E-state index contributed by atoms with van der Waals surface area (Å²) in [5.41, 5.74) is 10.5. The van der Waals surface area contributed by atoms with Crippen molar-refractivity contribution in [3.63, 3.8) is 0 Å².